The molecule has 2 heterocycles. The van der Waals surface area contributed by atoms with Crippen molar-refractivity contribution >= 4 is 29.9 Å². The number of aromatic nitrogens is 3. The molecule has 2 N–H and O–H groups in total. The zero-order chi connectivity index (χ0) is 21.3. The molecule has 0 atom stereocenters. The Balaban J connectivity index is 0.00000341. The topological polar surface area (TPSA) is 85.6 Å². The van der Waals surface area contributed by atoms with Crippen LogP contribution in [0.1, 0.15) is 23.9 Å². The first-order chi connectivity index (χ1) is 14.6. The maximum atomic E-state index is 5.37. The predicted octanol–water partition coefficient (Wildman–Crippen LogP) is 3.47. The largest absolute Gasteiger partial charge is 0.493 e. The Morgan fingerprint density at radius 1 is 1.03 bits per heavy atom. The average Bonchev–Trinajstić information content (AvgIpc) is 3.21. The number of nitrogens with one attached hydrogen (secondary N) is 2. The quantitative estimate of drug-likeness (QED) is 0.261. The Morgan fingerprint density at radius 2 is 1.81 bits per heavy atom. The number of hydrogen-bond donors (Lipinski definition) is 2. The highest BCUT2D eigenvalue weighted by atomic mass is 127. The monoisotopic (exact) mass is 536 g/mol. The number of pyridine rings is 1. The minimum atomic E-state index is 0. The van der Waals surface area contributed by atoms with Crippen LogP contribution in [0.2, 0.25) is 0 Å². The van der Waals surface area contributed by atoms with Crippen molar-refractivity contribution in [2.75, 3.05) is 20.8 Å². The molecule has 0 radical (unpaired) electrons. The fraction of sp³-hybridized carbons (Fsp3) is 0.318. The number of methoxy groups -OCH3 is 2. The molecular formula is C22H29IN6O2. The highest BCUT2D eigenvalue weighted by Gasteiger charge is 2.06. The van der Waals surface area contributed by atoms with Crippen molar-refractivity contribution in [2.45, 2.75) is 26.9 Å². The number of ether oxygens (including phenoxy) is 2. The van der Waals surface area contributed by atoms with Gasteiger partial charge in [-0.3, -0.25) is 4.57 Å². The van der Waals surface area contributed by atoms with Gasteiger partial charge in [-0.15, -0.1) is 24.0 Å². The van der Waals surface area contributed by atoms with Crippen molar-refractivity contribution in [1.82, 2.24) is 25.2 Å². The Labute approximate surface area is 200 Å². The van der Waals surface area contributed by atoms with Gasteiger partial charge in [-0.2, -0.15) is 0 Å². The molecule has 31 heavy (non-hydrogen) atoms. The molecule has 9 heteroatoms. The van der Waals surface area contributed by atoms with Gasteiger partial charge in [-0.25, -0.2) is 15.0 Å². The van der Waals surface area contributed by atoms with Gasteiger partial charge in [0.05, 0.1) is 20.8 Å². The first-order valence-electron chi connectivity index (χ1n) is 9.83. The first kappa shape index (κ1) is 24.4. The molecule has 3 aromatic rings. The molecule has 3 rings (SSSR count). The third-order valence-corrected chi connectivity index (χ3v) is 4.55. The van der Waals surface area contributed by atoms with Crippen molar-refractivity contribution < 1.29 is 9.47 Å². The Kier molecular flexibility index (Phi) is 9.57. The Morgan fingerprint density at radius 3 is 2.42 bits per heavy atom. The molecule has 0 bridgehead atoms. The summed E-state index contributed by atoms with van der Waals surface area (Å²) >= 11 is 0. The molecule has 0 aliphatic carbocycles. The SMILES string of the molecule is CCNC(=NCc1ccc(-n2ccnc2C)nc1)NCc1ccc(OC)c(OC)c1.I. The minimum absolute atomic E-state index is 0. The van der Waals surface area contributed by atoms with Crippen LogP contribution in [0, 0.1) is 6.92 Å². The average molecular weight is 536 g/mol. The summed E-state index contributed by atoms with van der Waals surface area (Å²) in [5.41, 5.74) is 2.10. The van der Waals surface area contributed by atoms with Crippen LogP contribution in [0.25, 0.3) is 5.82 Å². The second kappa shape index (κ2) is 12.1. The van der Waals surface area contributed by atoms with Gasteiger partial charge in [-0.05, 0) is 43.2 Å². The summed E-state index contributed by atoms with van der Waals surface area (Å²) in [5.74, 6) is 3.90. The van der Waals surface area contributed by atoms with E-state index in [1.165, 1.54) is 0 Å². The summed E-state index contributed by atoms with van der Waals surface area (Å²) in [6.07, 6.45) is 5.51. The van der Waals surface area contributed by atoms with Crippen LogP contribution in [0.5, 0.6) is 11.5 Å². The summed E-state index contributed by atoms with van der Waals surface area (Å²) in [4.78, 5) is 13.4. The third-order valence-electron chi connectivity index (χ3n) is 4.55. The van der Waals surface area contributed by atoms with E-state index >= 15 is 0 Å². The molecule has 0 aliphatic rings. The number of nitrogens with zero attached hydrogens (tertiary/aromatic N) is 4. The van der Waals surface area contributed by atoms with Crippen LogP contribution in [-0.4, -0.2) is 41.3 Å². The second-order valence-corrected chi connectivity index (χ2v) is 6.61. The van der Waals surface area contributed by atoms with Gasteiger partial charge in [-0.1, -0.05) is 12.1 Å². The molecule has 0 saturated carbocycles. The van der Waals surface area contributed by atoms with Crippen LogP contribution in [-0.2, 0) is 13.1 Å². The summed E-state index contributed by atoms with van der Waals surface area (Å²) in [6.45, 7) is 5.90. The van der Waals surface area contributed by atoms with E-state index in [9.17, 15) is 0 Å². The van der Waals surface area contributed by atoms with Crippen LogP contribution in [0.4, 0.5) is 0 Å². The lowest BCUT2D eigenvalue weighted by molar-refractivity contribution is 0.354. The van der Waals surface area contributed by atoms with Crippen LogP contribution in [0.3, 0.4) is 0 Å². The molecule has 166 valence electrons. The number of halogens is 1. The molecule has 0 unspecified atom stereocenters. The Bertz CT molecular complexity index is 988. The van der Waals surface area contributed by atoms with Crippen LogP contribution in [0.15, 0.2) is 53.9 Å². The number of guanidine groups is 1. The zero-order valence-corrected chi connectivity index (χ0v) is 20.6. The molecule has 0 fully saturated rings. The number of hydrogen-bond acceptors (Lipinski definition) is 5. The molecule has 0 amide bonds. The van der Waals surface area contributed by atoms with Crippen molar-refractivity contribution in [3.8, 4) is 17.3 Å². The van der Waals surface area contributed by atoms with E-state index < -0.39 is 0 Å². The number of rotatable bonds is 8. The van der Waals surface area contributed by atoms with Crippen molar-refractivity contribution in [3.05, 3.63) is 65.9 Å². The molecule has 1 aromatic carbocycles. The molecule has 8 nitrogen and oxygen atoms in total. The van der Waals surface area contributed by atoms with E-state index in [2.05, 4.69) is 25.6 Å². The maximum absolute atomic E-state index is 5.37. The zero-order valence-electron chi connectivity index (χ0n) is 18.3. The number of aryl methyl sites for hydroxylation is 1. The molecule has 0 aliphatic heterocycles. The molecular weight excluding hydrogens is 507 g/mol. The van der Waals surface area contributed by atoms with Gasteiger partial charge < -0.3 is 20.1 Å². The second-order valence-electron chi connectivity index (χ2n) is 6.61. The highest BCUT2D eigenvalue weighted by Crippen LogP contribution is 2.27. The number of imidazole rings is 1. The minimum Gasteiger partial charge on any atom is -0.493 e. The first-order valence-corrected chi connectivity index (χ1v) is 9.83. The predicted molar refractivity (Wildman–Crippen MR) is 133 cm³/mol. The van der Waals surface area contributed by atoms with Crippen molar-refractivity contribution in [3.63, 3.8) is 0 Å². The van der Waals surface area contributed by atoms with Gasteiger partial charge in [0.2, 0.25) is 0 Å². The lowest BCUT2D eigenvalue weighted by atomic mass is 10.2. The summed E-state index contributed by atoms with van der Waals surface area (Å²) < 4.78 is 12.6. The van der Waals surface area contributed by atoms with Gasteiger partial charge in [0, 0.05) is 31.7 Å². The molecule has 0 spiro atoms. The number of benzene rings is 1. The summed E-state index contributed by atoms with van der Waals surface area (Å²) in [5, 5.41) is 6.61. The van der Waals surface area contributed by atoms with Crippen LogP contribution < -0.4 is 20.1 Å². The summed E-state index contributed by atoms with van der Waals surface area (Å²) in [6, 6.07) is 9.86. The van der Waals surface area contributed by atoms with Gasteiger partial charge >= 0.3 is 0 Å². The van der Waals surface area contributed by atoms with E-state index in [0.29, 0.717) is 24.6 Å². The number of aliphatic imine (C=N–C) groups is 1. The van der Waals surface area contributed by atoms with E-state index in [0.717, 1.165) is 35.3 Å². The lowest BCUT2D eigenvalue weighted by Crippen LogP contribution is -2.36. The van der Waals surface area contributed by atoms with E-state index in [1.54, 1.807) is 20.4 Å². The fourth-order valence-electron chi connectivity index (χ4n) is 2.96. The normalized spacial score (nSPS) is 10.9. The molecule has 0 saturated heterocycles. The van der Waals surface area contributed by atoms with Crippen molar-refractivity contribution in [2.24, 2.45) is 4.99 Å². The van der Waals surface area contributed by atoms with E-state index in [4.69, 9.17) is 9.47 Å². The van der Waals surface area contributed by atoms with Crippen LogP contribution >= 0.6 is 24.0 Å². The highest BCUT2D eigenvalue weighted by molar-refractivity contribution is 14.0. The van der Waals surface area contributed by atoms with E-state index in [1.807, 2.05) is 61.1 Å². The van der Waals surface area contributed by atoms with Gasteiger partial charge in [0.15, 0.2) is 17.5 Å². The standard InChI is InChI=1S/C22H28N6O2.HI/c1-5-23-22(26-13-17-6-8-19(29-3)20(12-17)30-4)27-15-18-7-9-21(25-14-18)28-11-10-24-16(28)2;/h6-12,14H,5,13,15H2,1-4H3,(H2,23,26,27);1H. The molecule has 2 aromatic heterocycles. The smallest absolute Gasteiger partial charge is 0.191 e. The van der Waals surface area contributed by atoms with Crippen molar-refractivity contribution in [1.29, 1.82) is 0 Å². The Hall–Kier alpha value is -2.82. The fourth-order valence-corrected chi connectivity index (χ4v) is 2.96. The summed E-state index contributed by atoms with van der Waals surface area (Å²) in [7, 11) is 3.26. The van der Waals surface area contributed by atoms with Gasteiger partial charge in [0.25, 0.3) is 0 Å². The maximum Gasteiger partial charge on any atom is 0.191 e. The third kappa shape index (κ3) is 6.58. The van der Waals surface area contributed by atoms with Gasteiger partial charge in [0.1, 0.15) is 11.6 Å². The van der Waals surface area contributed by atoms with E-state index in [-0.39, 0.29) is 24.0 Å². The lowest BCUT2D eigenvalue weighted by Gasteiger charge is -2.13.